The van der Waals surface area contributed by atoms with E-state index in [0.29, 0.717) is 18.4 Å². The Morgan fingerprint density at radius 1 is 1.39 bits per heavy atom. The molecule has 0 aliphatic heterocycles. The lowest BCUT2D eigenvalue weighted by molar-refractivity contribution is -0.122. The molecule has 5 heteroatoms. The Labute approximate surface area is 109 Å². The molecule has 1 aliphatic rings. The molecule has 3 unspecified atom stereocenters. The molecular weight excluding hydrogens is 232 g/mol. The third kappa shape index (κ3) is 5.38. The van der Waals surface area contributed by atoms with Crippen LogP contribution in [0.5, 0.6) is 0 Å². The Balaban J connectivity index is 2.24. The number of carbonyl (C=O) groups is 2. The molecule has 0 radical (unpaired) electrons. The van der Waals surface area contributed by atoms with Crippen LogP contribution in [0, 0.1) is 11.8 Å². The second-order valence-corrected chi connectivity index (χ2v) is 6.09. The number of hydrogen-bond acceptors (Lipinski definition) is 3. The highest BCUT2D eigenvalue weighted by Gasteiger charge is 2.32. The predicted molar refractivity (Wildman–Crippen MR) is 69.1 cm³/mol. The molecule has 3 atom stereocenters. The Kier molecular flexibility index (Phi) is 4.59. The van der Waals surface area contributed by atoms with Gasteiger partial charge in [0.15, 0.2) is 0 Å². The number of amides is 2. The number of carbonyl (C=O) groups excluding carboxylic acids is 2. The second kappa shape index (κ2) is 5.59. The molecule has 0 heterocycles. The van der Waals surface area contributed by atoms with E-state index in [4.69, 9.17) is 4.74 Å². The zero-order chi connectivity index (χ0) is 13.9. The van der Waals surface area contributed by atoms with Crippen LogP contribution in [0.3, 0.4) is 0 Å². The van der Waals surface area contributed by atoms with Crippen LogP contribution in [0.4, 0.5) is 4.79 Å². The molecule has 104 valence electrons. The van der Waals surface area contributed by atoms with Gasteiger partial charge in [0.2, 0.25) is 5.91 Å². The largest absolute Gasteiger partial charge is 0.444 e. The van der Waals surface area contributed by atoms with Gasteiger partial charge in [0.1, 0.15) is 11.6 Å². The normalized spacial score (nSPS) is 24.1. The van der Waals surface area contributed by atoms with Crippen molar-refractivity contribution in [2.75, 3.05) is 6.54 Å². The van der Waals surface area contributed by atoms with E-state index in [1.54, 1.807) is 27.7 Å². The standard InChI is InChI=1S/C13H24N2O3/c1-8-6-10(8)7-14-11(16)9(2)15-12(17)18-13(3,4)5/h8-10H,6-7H2,1-5H3,(H,14,16)(H,15,17). The molecule has 1 saturated carbocycles. The summed E-state index contributed by atoms with van der Waals surface area (Å²) in [5, 5.41) is 5.35. The Morgan fingerprint density at radius 3 is 2.39 bits per heavy atom. The van der Waals surface area contributed by atoms with Gasteiger partial charge in [-0.15, -0.1) is 0 Å². The molecule has 0 aromatic heterocycles. The van der Waals surface area contributed by atoms with Crippen LogP contribution in [0.25, 0.3) is 0 Å². The first kappa shape index (κ1) is 14.8. The van der Waals surface area contributed by atoms with E-state index in [1.165, 1.54) is 6.42 Å². The molecule has 18 heavy (non-hydrogen) atoms. The zero-order valence-corrected chi connectivity index (χ0v) is 11.9. The molecule has 2 N–H and O–H groups in total. The molecule has 0 aromatic rings. The SMILES string of the molecule is CC(NC(=O)OC(C)(C)C)C(=O)NCC1CC1C. The summed E-state index contributed by atoms with van der Waals surface area (Å²) < 4.78 is 5.08. The average Bonchev–Trinajstić information content (AvgIpc) is 2.87. The van der Waals surface area contributed by atoms with Crippen LogP contribution in [0.2, 0.25) is 0 Å². The lowest BCUT2D eigenvalue weighted by Gasteiger charge is -2.21. The molecule has 5 nitrogen and oxygen atoms in total. The summed E-state index contributed by atoms with van der Waals surface area (Å²) >= 11 is 0. The number of rotatable bonds is 4. The van der Waals surface area contributed by atoms with Crippen molar-refractivity contribution >= 4 is 12.0 Å². The Morgan fingerprint density at radius 2 is 1.94 bits per heavy atom. The first-order valence-corrected chi connectivity index (χ1v) is 6.46. The summed E-state index contributed by atoms with van der Waals surface area (Å²) in [5.41, 5.74) is -0.552. The van der Waals surface area contributed by atoms with Crippen LogP contribution in [0.1, 0.15) is 41.0 Å². The molecule has 0 aromatic carbocycles. The van der Waals surface area contributed by atoms with Gasteiger partial charge in [-0.05, 0) is 46.0 Å². The van der Waals surface area contributed by atoms with Gasteiger partial charge in [0, 0.05) is 6.54 Å². The number of alkyl carbamates (subject to hydrolysis) is 1. The number of nitrogens with one attached hydrogen (secondary N) is 2. The van der Waals surface area contributed by atoms with Crippen LogP contribution >= 0.6 is 0 Å². The molecule has 0 spiro atoms. The van der Waals surface area contributed by atoms with E-state index in [1.807, 2.05) is 0 Å². The van der Waals surface area contributed by atoms with Gasteiger partial charge in [-0.1, -0.05) is 6.92 Å². The fraction of sp³-hybridized carbons (Fsp3) is 0.846. The highest BCUT2D eigenvalue weighted by atomic mass is 16.6. The monoisotopic (exact) mass is 256 g/mol. The lowest BCUT2D eigenvalue weighted by atomic mass is 10.2. The van der Waals surface area contributed by atoms with E-state index in [-0.39, 0.29) is 5.91 Å². The molecule has 1 aliphatic carbocycles. The minimum Gasteiger partial charge on any atom is -0.444 e. The molecule has 1 rings (SSSR count). The molecule has 0 bridgehead atoms. The van der Waals surface area contributed by atoms with E-state index >= 15 is 0 Å². The van der Waals surface area contributed by atoms with Gasteiger partial charge < -0.3 is 15.4 Å². The summed E-state index contributed by atoms with van der Waals surface area (Å²) in [6.45, 7) is 9.86. The van der Waals surface area contributed by atoms with Gasteiger partial charge in [-0.25, -0.2) is 4.79 Å². The summed E-state index contributed by atoms with van der Waals surface area (Å²) in [4.78, 5) is 23.2. The third-order valence-corrected chi connectivity index (χ3v) is 2.94. The van der Waals surface area contributed by atoms with Crippen LogP contribution in [0.15, 0.2) is 0 Å². The lowest BCUT2D eigenvalue weighted by Crippen LogP contribution is -2.46. The Bertz CT molecular complexity index is 323. The third-order valence-electron chi connectivity index (χ3n) is 2.94. The minimum atomic E-state index is -0.575. The number of ether oxygens (including phenoxy) is 1. The minimum absolute atomic E-state index is 0.167. The van der Waals surface area contributed by atoms with Crippen molar-refractivity contribution in [3.63, 3.8) is 0 Å². The van der Waals surface area contributed by atoms with Gasteiger partial charge in [0.05, 0.1) is 0 Å². The van der Waals surface area contributed by atoms with Crippen molar-refractivity contribution in [1.82, 2.24) is 10.6 Å². The van der Waals surface area contributed by atoms with Gasteiger partial charge in [0.25, 0.3) is 0 Å². The van der Waals surface area contributed by atoms with Crippen LogP contribution in [-0.2, 0) is 9.53 Å². The maximum absolute atomic E-state index is 11.7. The predicted octanol–water partition coefficient (Wildman–Crippen LogP) is 1.67. The highest BCUT2D eigenvalue weighted by molar-refractivity contribution is 5.85. The maximum atomic E-state index is 11.7. The quantitative estimate of drug-likeness (QED) is 0.804. The van der Waals surface area contributed by atoms with Crippen molar-refractivity contribution < 1.29 is 14.3 Å². The van der Waals surface area contributed by atoms with Crippen LogP contribution < -0.4 is 10.6 Å². The van der Waals surface area contributed by atoms with Crippen LogP contribution in [-0.4, -0.2) is 30.2 Å². The van der Waals surface area contributed by atoms with Crippen molar-refractivity contribution in [3.05, 3.63) is 0 Å². The molecule has 0 saturated heterocycles. The Hall–Kier alpha value is -1.26. The fourth-order valence-electron chi connectivity index (χ4n) is 1.62. The van der Waals surface area contributed by atoms with E-state index in [0.717, 1.165) is 0 Å². The van der Waals surface area contributed by atoms with Crippen molar-refractivity contribution in [1.29, 1.82) is 0 Å². The topological polar surface area (TPSA) is 67.4 Å². The van der Waals surface area contributed by atoms with Crippen molar-refractivity contribution in [2.45, 2.75) is 52.7 Å². The van der Waals surface area contributed by atoms with E-state index in [2.05, 4.69) is 17.6 Å². The smallest absolute Gasteiger partial charge is 0.408 e. The highest BCUT2D eigenvalue weighted by Crippen LogP contribution is 2.36. The van der Waals surface area contributed by atoms with Crippen molar-refractivity contribution in [2.24, 2.45) is 11.8 Å². The average molecular weight is 256 g/mol. The summed E-state index contributed by atoms with van der Waals surface area (Å²) in [5.74, 6) is 1.14. The first-order chi connectivity index (χ1) is 8.19. The van der Waals surface area contributed by atoms with Gasteiger partial charge in [-0.2, -0.15) is 0 Å². The maximum Gasteiger partial charge on any atom is 0.408 e. The van der Waals surface area contributed by atoms with E-state index < -0.39 is 17.7 Å². The number of hydrogen-bond donors (Lipinski definition) is 2. The van der Waals surface area contributed by atoms with Gasteiger partial charge in [-0.3, -0.25) is 4.79 Å². The molecule has 2 amide bonds. The second-order valence-electron chi connectivity index (χ2n) is 6.09. The zero-order valence-electron chi connectivity index (χ0n) is 11.9. The fourth-order valence-corrected chi connectivity index (χ4v) is 1.62. The molecular formula is C13H24N2O3. The summed E-state index contributed by atoms with van der Waals surface area (Å²) in [6.07, 6.45) is 0.610. The van der Waals surface area contributed by atoms with E-state index in [9.17, 15) is 9.59 Å². The summed E-state index contributed by atoms with van der Waals surface area (Å²) in [6, 6.07) is -0.575. The first-order valence-electron chi connectivity index (χ1n) is 6.46. The summed E-state index contributed by atoms with van der Waals surface area (Å²) in [7, 11) is 0. The van der Waals surface area contributed by atoms with Gasteiger partial charge >= 0.3 is 6.09 Å². The van der Waals surface area contributed by atoms with Crippen molar-refractivity contribution in [3.8, 4) is 0 Å². The molecule has 1 fully saturated rings.